The second-order valence-corrected chi connectivity index (χ2v) is 6.70. The maximum Gasteiger partial charge on any atom is 0.353 e. The lowest BCUT2D eigenvalue weighted by molar-refractivity contribution is -0.383. The molecule has 0 saturated carbocycles. The molecule has 0 radical (unpaired) electrons. The van der Waals surface area contributed by atoms with Crippen LogP contribution in [0.1, 0.15) is 18.4 Å². The van der Waals surface area contributed by atoms with Crippen LogP contribution < -0.4 is 10.2 Å². The number of hydrogen-bond donors (Lipinski definition) is 2. The Morgan fingerprint density at radius 1 is 1.37 bits per heavy atom. The minimum absolute atomic E-state index is 0.0655. The summed E-state index contributed by atoms with van der Waals surface area (Å²) in [7, 11) is 0. The summed E-state index contributed by atoms with van der Waals surface area (Å²) in [5.41, 5.74) is 1.11. The van der Waals surface area contributed by atoms with Crippen LogP contribution in [0, 0.1) is 23.0 Å². The molecule has 0 atom stereocenters. The number of carbonyl (C=O) groups is 1. The van der Waals surface area contributed by atoms with Gasteiger partial charge >= 0.3 is 11.7 Å². The fourth-order valence-corrected chi connectivity index (χ4v) is 3.24. The summed E-state index contributed by atoms with van der Waals surface area (Å²) in [5, 5.41) is 24.4. The first-order valence-electron chi connectivity index (χ1n) is 8.37. The van der Waals surface area contributed by atoms with Crippen molar-refractivity contribution in [2.45, 2.75) is 19.8 Å². The summed E-state index contributed by atoms with van der Waals surface area (Å²) in [6.07, 6.45) is 2.08. The number of benzene rings is 1. The molecule has 0 amide bonds. The van der Waals surface area contributed by atoms with Gasteiger partial charge in [0, 0.05) is 23.8 Å². The van der Waals surface area contributed by atoms with Crippen molar-refractivity contribution in [1.82, 2.24) is 9.97 Å². The van der Waals surface area contributed by atoms with E-state index in [1.165, 1.54) is 6.33 Å². The monoisotopic (exact) mass is 391 g/mol. The molecule has 1 fully saturated rings. The molecule has 1 aliphatic heterocycles. The lowest BCUT2D eigenvalue weighted by Gasteiger charge is -2.30. The highest BCUT2D eigenvalue weighted by Crippen LogP contribution is 2.36. The van der Waals surface area contributed by atoms with Gasteiger partial charge in [0.1, 0.15) is 6.33 Å². The van der Waals surface area contributed by atoms with Crippen molar-refractivity contribution in [2.24, 2.45) is 5.92 Å². The zero-order valence-corrected chi connectivity index (χ0v) is 15.3. The number of hydrogen-bond acceptors (Lipinski definition) is 7. The zero-order chi connectivity index (χ0) is 19.6. The van der Waals surface area contributed by atoms with Crippen LogP contribution in [-0.2, 0) is 4.79 Å². The first-order valence-corrected chi connectivity index (χ1v) is 8.75. The number of aliphatic carboxylic acids is 1. The Hall–Kier alpha value is -2.94. The van der Waals surface area contributed by atoms with E-state index in [0.717, 1.165) is 5.56 Å². The van der Waals surface area contributed by atoms with E-state index in [2.05, 4.69) is 15.3 Å². The fraction of sp³-hybridized carbons (Fsp3) is 0.353. The number of carboxylic acid groups (broad SMARTS) is 1. The Kier molecular flexibility index (Phi) is 5.41. The Morgan fingerprint density at radius 3 is 2.70 bits per heavy atom. The van der Waals surface area contributed by atoms with Gasteiger partial charge in [-0.2, -0.15) is 0 Å². The fourth-order valence-electron chi connectivity index (χ4n) is 3.07. The van der Waals surface area contributed by atoms with Gasteiger partial charge in [-0.15, -0.1) is 0 Å². The van der Waals surface area contributed by atoms with Gasteiger partial charge in [0.05, 0.1) is 10.8 Å². The van der Waals surface area contributed by atoms with E-state index in [0.29, 0.717) is 36.6 Å². The Bertz CT molecular complexity index is 884. The maximum atomic E-state index is 11.7. The lowest BCUT2D eigenvalue weighted by atomic mass is 9.97. The number of piperidine rings is 1. The molecule has 10 heteroatoms. The van der Waals surface area contributed by atoms with Gasteiger partial charge in [-0.3, -0.25) is 14.9 Å². The Morgan fingerprint density at radius 2 is 2.07 bits per heavy atom. The number of halogens is 1. The molecule has 2 N–H and O–H groups in total. The standard InChI is InChI=1S/C17H18ClN5O4/c1-10-12(18)3-2-4-13(10)21-15-14(23(26)27)16(20-9-19-15)22-7-5-11(6-8-22)17(24)25/h2-4,9,11H,5-8H2,1H3,(H,24,25)(H,19,20,21). The summed E-state index contributed by atoms with van der Waals surface area (Å²) in [4.78, 5) is 32.2. The second kappa shape index (κ2) is 7.75. The molecule has 1 aliphatic rings. The second-order valence-electron chi connectivity index (χ2n) is 6.29. The van der Waals surface area contributed by atoms with Gasteiger partial charge in [-0.25, -0.2) is 9.97 Å². The van der Waals surface area contributed by atoms with E-state index in [-0.39, 0.29) is 17.3 Å². The molecule has 0 unspecified atom stereocenters. The molecule has 1 aromatic carbocycles. The van der Waals surface area contributed by atoms with Crippen molar-refractivity contribution < 1.29 is 14.8 Å². The summed E-state index contributed by atoms with van der Waals surface area (Å²) in [6.45, 7) is 2.56. The minimum atomic E-state index is -0.842. The van der Waals surface area contributed by atoms with Crippen molar-refractivity contribution in [3.8, 4) is 0 Å². The normalized spacial score (nSPS) is 14.8. The van der Waals surface area contributed by atoms with E-state index < -0.39 is 16.8 Å². The average Bonchev–Trinajstić information content (AvgIpc) is 2.65. The molecule has 27 heavy (non-hydrogen) atoms. The highest BCUT2D eigenvalue weighted by Gasteiger charge is 2.31. The molecular formula is C17H18ClN5O4. The summed E-state index contributed by atoms with van der Waals surface area (Å²) in [6, 6.07) is 5.22. The topological polar surface area (TPSA) is 121 Å². The molecule has 2 aromatic rings. The number of nitrogens with zero attached hydrogens (tertiary/aromatic N) is 4. The Labute approximate surface area is 160 Å². The maximum absolute atomic E-state index is 11.7. The van der Waals surface area contributed by atoms with E-state index >= 15 is 0 Å². The first kappa shape index (κ1) is 18.8. The van der Waals surface area contributed by atoms with Crippen LogP contribution in [0.15, 0.2) is 24.5 Å². The van der Waals surface area contributed by atoms with Crippen LogP contribution in [0.3, 0.4) is 0 Å². The van der Waals surface area contributed by atoms with Gasteiger partial charge in [0.2, 0.25) is 11.6 Å². The van der Waals surface area contributed by atoms with Crippen LogP contribution in [0.4, 0.5) is 23.0 Å². The number of aromatic nitrogens is 2. The molecule has 142 valence electrons. The van der Waals surface area contributed by atoms with Crippen LogP contribution >= 0.6 is 11.6 Å². The van der Waals surface area contributed by atoms with Crippen LogP contribution in [-0.4, -0.2) is 39.1 Å². The zero-order valence-electron chi connectivity index (χ0n) is 14.6. The van der Waals surface area contributed by atoms with Gasteiger partial charge in [-0.05, 0) is 37.5 Å². The number of nitro groups is 1. The minimum Gasteiger partial charge on any atom is -0.481 e. The van der Waals surface area contributed by atoms with E-state index in [4.69, 9.17) is 16.7 Å². The van der Waals surface area contributed by atoms with Crippen LogP contribution in [0.25, 0.3) is 0 Å². The summed E-state index contributed by atoms with van der Waals surface area (Å²) < 4.78 is 0. The van der Waals surface area contributed by atoms with Gasteiger partial charge in [0.25, 0.3) is 0 Å². The molecule has 0 bridgehead atoms. The molecular weight excluding hydrogens is 374 g/mol. The molecule has 9 nitrogen and oxygen atoms in total. The molecule has 2 heterocycles. The van der Waals surface area contributed by atoms with Crippen molar-refractivity contribution >= 4 is 40.6 Å². The molecule has 3 rings (SSSR count). The summed E-state index contributed by atoms with van der Waals surface area (Å²) >= 11 is 6.11. The molecule has 0 spiro atoms. The van der Waals surface area contributed by atoms with Gasteiger partial charge in [0.15, 0.2) is 0 Å². The molecule has 0 aliphatic carbocycles. The third kappa shape index (κ3) is 3.92. The SMILES string of the molecule is Cc1c(Cl)cccc1Nc1ncnc(N2CCC(C(=O)O)CC2)c1[N+](=O)[O-]. The third-order valence-electron chi connectivity index (χ3n) is 4.65. The predicted octanol–water partition coefficient (Wildman–Crippen LogP) is 3.39. The number of carboxylic acids is 1. The quantitative estimate of drug-likeness (QED) is 0.587. The summed E-state index contributed by atoms with van der Waals surface area (Å²) in [5.74, 6) is -1.03. The largest absolute Gasteiger partial charge is 0.481 e. The highest BCUT2D eigenvalue weighted by molar-refractivity contribution is 6.31. The van der Waals surface area contributed by atoms with E-state index in [9.17, 15) is 14.9 Å². The van der Waals surface area contributed by atoms with Crippen molar-refractivity contribution in [3.63, 3.8) is 0 Å². The number of anilines is 3. The predicted molar refractivity (Wildman–Crippen MR) is 101 cm³/mol. The average molecular weight is 392 g/mol. The molecule has 1 aromatic heterocycles. The van der Waals surface area contributed by atoms with Gasteiger partial charge < -0.3 is 15.3 Å². The lowest BCUT2D eigenvalue weighted by Crippen LogP contribution is -2.37. The van der Waals surface area contributed by atoms with Gasteiger partial charge in [-0.1, -0.05) is 17.7 Å². The van der Waals surface area contributed by atoms with E-state index in [1.807, 2.05) is 0 Å². The van der Waals surface area contributed by atoms with Crippen LogP contribution in [0.2, 0.25) is 5.02 Å². The van der Waals surface area contributed by atoms with Crippen molar-refractivity contribution in [3.05, 3.63) is 45.2 Å². The van der Waals surface area contributed by atoms with Crippen molar-refractivity contribution in [2.75, 3.05) is 23.3 Å². The van der Waals surface area contributed by atoms with E-state index in [1.54, 1.807) is 30.0 Å². The number of nitrogens with one attached hydrogen (secondary N) is 1. The van der Waals surface area contributed by atoms with Crippen LogP contribution in [0.5, 0.6) is 0 Å². The first-order chi connectivity index (χ1) is 12.9. The smallest absolute Gasteiger partial charge is 0.353 e. The Balaban J connectivity index is 1.93. The highest BCUT2D eigenvalue weighted by atomic mass is 35.5. The number of rotatable bonds is 5. The molecule has 1 saturated heterocycles. The third-order valence-corrected chi connectivity index (χ3v) is 5.06. The van der Waals surface area contributed by atoms with Crippen molar-refractivity contribution in [1.29, 1.82) is 0 Å².